The van der Waals surface area contributed by atoms with E-state index in [0.29, 0.717) is 17.5 Å². The van der Waals surface area contributed by atoms with Crippen LogP contribution in [-0.4, -0.2) is 30.8 Å². The highest BCUT2D eigenvalue weighted by Crippen LogP contribution is 2.36. The molecule has 0 bridgehead atoms. The normalized spacial score (nSPS) is 13.2. The molecule has 0 atom stereocenters. The Labute approximate surface area is 230 Å². The van der Waals surface area contributed by atoms with Crippen molar-refractivity contribution in [2.75, 3.05) is 11.1 Å². The molecule has 3 heterocycles. The van der Waals surface area contributed by atoms with Crippen LogP contribution in [0.2, 0.25) is 0 Å². The van der Waals surface area contributed by atoms with Gasteiger partial charge in [-0.1, -0.05) is 58.0 Å². The van der Waals surface area contributed by atoms with E-state index in [1.807, 2.05) is 46.9 Å². The summed E-state index contributed by atoms with van der Waals surface area (Å²) in [6, 6.07) is 17.6. The Morgan fingerprint density at radius 1 is 1.05 bits per heavy atom. The van der Waals surface area contributed by atoms with E-state index in [0.717, 1.165) is 52.5 Å². The second kappa shape index (κ2) is 10.4. The average molecular weight is 595 g/mol. The lowest BCUT2D eigenvalue weighted by Gasteiger charge is -2.12. The predicted molar refractivity (Wildman–Crippen MR) is 153 cm³/mol. The number of hydrogen-bond acceptors (Lipinski definition) is 6. The van der Waals surface area contributed by atoms with E-state index < -0.39 is 0 Å². The molecule has 5 aromatic rings. The Bertz CT molecular complexity index is 1660. The number of aryl methyl sites for hydroxylation is 4. The number of fused-ring (bicyclic) bond motifs is 5. The highest BCUT2D eigenvalue weighted by atomic mass is 79.9. The van der Waals surface area contributed by atoms with Crippen LogP contribution in [-0.2, 0) is 30.6 Å². The molecule has 10 heteroatoms. The molecule has 7 nitrogen and oxygen atoms in total. The molecule has 0 unspecified atom stereocenters. The van der Waals surface area contributed by atoms with Crippen LogP contribution in [0, 0.1) is 0 Å². The molecule has 0 aliphatic heterocycles. The maximum absolute atomic E-state index is 13.8. The number of rotatable bonds is 7. The third-order valence-electron chi connectivity index (χ3n) is 6.60. The van der Waals surface area contributed by atoms with Gasteiger partial charge in [-0.25, -0.2) is 4.40 Å². The van der Waals surface area contributed by atoms with Gasteiger partial charge in [0, 0.05) is 21.6 Å². The number of anilines is 1. The zero-order valence-corrected chi connectivity index (χ0v) is 23.2. The van der Waals surface area contributed by atoms with Gasteiger partial charge in [0.05, 0.1) is 11.1 Å². The minimum atomic E-state index is -0.122. The van der Waals surface area contributed by atoms with Crippen molar-refractivity contribution in [2.24, 2.45) is 0 Å². The largest absolute Gasteiger partial charge is 0.325 e. The summed E-state index contributed by atoms with van der Waals surface area (Å²) in [5.41, 5.74) is 3.10. The summed E-state index contributed by atoms with van der Waals surface area (Å²) in [6.45, 7) is 0.514. The van der Waals surface area contributed by atoms with Crippen molar-refractivity contribution in [1.29, 1.82) is 0 Å². The number of thiophene rings is 1. The van der Waals surface area contributed by atoms with Crippen LogP contribution in [0.5, 0.6) is 0 Å². The van der Waals surface area contributed by atoms with E-state index in [-0.39, 0.29) is 17.2 Å². The molecule has 1 aliphatic carbocycles. The number of thioether (sulfide) groups is 1. The fourth-order valence-corrected chi connectivity index (χ4v) is 7.25. The van der Waals surface area contributed by atoms with Gasteiger partial charge in [-0.2, -0.15) is 0 Å². The Morgan fingerprint density at radius 2 is 1.84 bits per heavy atom. The van der Waals surface area contributed by atoms with Crippen molar-refractivity contribution >= 4 is 66.6 Å². The van der Waals surface area contributed by atoms with E-state index in [1.165, 1.54) is 27.8 Å². The van der Waals surface area contributed by atoms with E-state index in [1.54, 1.807) is 15.9 Å². The first-order valence-electron chi connectivity index (χ1n) is 12.2. The van der Waals surface area contributed by atoms with Gasteiger partial charge in [-0.05, 0) is 67.5 Å². The molecule has 0 radical (unpaired) electrons. The van der Waals surface area contributed by atoms with Gasteiger partial charge in [0.2, 0.25) is 11.7 Å². The van der Waals surface area contributed by atoms with E-state index in [2.05, 4.69) is 43.6 Å². The summed E-state index contributed by atoms with van der Waals surface area (Å²) in [6.07, 6.45) is 4.89. The van der Waals surface area contributed by atoms with Crippen molar-refractivity contribution in [3.63, 3.8) is 0 Å². The molecule has 0 spiro atoms. The molecule has 188 valence electrons. The number of hydrogen-bond donors (Lipinski definition) is 1. The van der Waals surface area contributed by atoms with Gasteiger partial charge in [-0.15, -0.1) is 21.5 Å². The number of benzene rings is 2. The molecule has 1 amide bonds. The highest BCUT2D eigenvalue weighted by molar-refractivity contribution is 9.10. The van der Waals surface area contributed by atoms with Crippen LogP contribution < -0.4 is 10.9 Å². The van der Waals surface area contributed by atoms with Crippen LogP contribution in [0.15, 0.2) is 69.0 Å². The first kappa shape index (κ1) is 24.4. The Hall–Kier alpha value is -2.95. The van der Waals surface area contributed by atoms with Gasteiger partial charge < -0.3 is 5.32 Å². The lowest BCUT2D eigenvalue weighted by molar-refractivity contribution is -0.113. The summed E-state index contributed by atoms with van der Waals surface area (Å²) in [7, 11) is 0. The van der Waals surface area contributed by atoms with Gasteiger partial charge in [0.1, 0.15) is 4.83 Å². The lowest BCUT2D eigenvalue weighted by atomic mass is 9.97. The molecule has 0 saturated carbocycles. The van der Waals surface area contributed by atoms with Crippen molar-refractivity contribution in [1.82, 2.24) is 19.2 Å². The number of carbonyl (C=O) groups excluding carboxylic acids is 1. The summed E-state index contributed by atoms with van der Waals surface area (Å²) in [5, 5.41) is 13.2. The molecule has 1 aliphatic rings. The lowest BCUT2D eigenvalue weighted by Crippen LogP contribution is -2.24. The second-order valence-electron chi connectivity index (χ2n) is 9.05. The number of nitrogens with one attached hydrogen (secondary N) is 1. The number of halogens is 1. The molecule has 3 aromatic heterocycles. The average Bonchev–Trinajstić information content (AvgIpc) is 3.51. The minimum Gasteiger partial charge on any atom is -0.325 e. The minimum absolute atomic E-state index is 0.00904. The van der Waals surface area contributed by atoms with Crippen LogP contribution in [0.1, 0.15) is 28.8 Å². The third-order valence-corrected chi connectivity index (χ3v) is 9.33. The number of aromatic nitrogens is 4. The molecule has 6 rings (SSSR count). The van der Waals surface area contributed by atoms with Crippen molar-refractivity contribution in [2.45, 2.75) is 43.8 Å². The number of nitrogens with zero attached hydrogens (tertiary/aromatic N) is 4. The molecule has 2 aromatic carbocycles. The third kappa shape index (κ3) is 4.85. The second-order valence-corrected chi connectivity index (χ2v) is 12.0. The fraction of sp³-hybridized carbons (Fsp3) is 0.259. The first-order chi connectivity index (χ1) is 18.1. The standard InChI is InChI=1S/C27H24BrN5O2S2/c28-18-10-12-19(13-11-18)29-22(34)16-36-27-31-30-26-32(15-14-17-6-2-1-3-7-17)24(35)23-20-8-4-5-9-21(20)37-25(23)33(26)27/h1-3,6-7,10-13H,4-5,8-9,14-16H2,(H,29,34). The van der Waals surface area contributed by atoms with Crippen LogP contribution in [0.4, 0.5) is 5.69 Å². The maximum atomic E-state index is 13.8. The summed E-state index contributed by atoms with van der Waals surface area (Å²) < 4.78 is 4.70. The quantitative estimate of drug-likeness (QED) is 0.244. The zero-order valence-electron chi connectivity index (χ0n) is 19.9. The molecular formula is C27H24BrN5O2S2. The fourth-order valence-electron chi connectivity index (χ4n) is 4.81. The van der Waals surface area contributed by atoms with Crippen molar-refractivity contribution < 1.29 is 4.79 Å². The van der Waals surface area contributed by atoms with Gasteiger partial charge in [-0.3, -0.25) is 14.2 Å². The summed E-state index contributed by atoms with van der Waals surface area (Å²) in [5.74, 6) is 0.595. The van der Waals surface area contributed by atoms with E-state index in [9.17, 15) is 9.59 Å². The number of amides is 1. The molecule has 0 saturated heterocycles. The predicted octanol–water partition coefficient (Wildman–Crippen LogP) is 5.72. The number of carbonyl (C=O) groups is 1. The van der Waals surface area contributed by atoms with Crippen LogP contribution >= 0.6 is 39.0 Å². The SMILES string of the molecule is O=C(CSc1nnc2n(CCc3ccccc3)c(=O)c3c4c(sc3n12)CCCC4)Nc1ccc(Br)cc1. The van der Waals surface area contributed by atoms with Gasteiger partial charge in [0.15, 0.2) is 5.16 Å². The monoisotopic (exact) mass is 593 g/mol. The first-order valence-corrected chi connectivity index (χ1v) is 14.8. The highest BCUT2D eigenvalue weighted by Gasteiger charge is 2.25. The summed E-state index contributed by atoms with van der Waals surface area (Å²) >= 11 is 6.42. The topological polar surface area (TPSA) is 81.3 Å². The molecule has 1 N–H and O–H groups in total. The van der Waals surface area contributed by atoms with Gasteiger partial charge in [0.25, 0.3) is 5.56 Å². The van der Waals surface area contributed by atoms with E-state index in [4.69, 9.17) is 0 Å². The molecule has 0 fully saturated rings. The van der Waals surface area contributed by atoms with E-state index >= 15 is 0 Å². The molecular weight excluding hydrogens is 570 g/mol. The Kier molecular flexibility index (Phi) is 6.88. The zero-order chi connectivity index (χ0) is 25.4. The van der Waals surface area contributed by atoms with Crippen molar-refractivity contribution in [3.05, 3.63) is 85.4 Å². The van der Waals surface area contributed by atoms with Crippen LogP contribution in [0.3, 0.4) is 0 Å². The smallest absolute Gasteiger partial charge is 0.263 e. The molecule has 37 heavy (non-hydrogen) atoms. The summed E-state index contributed by atoms with van der Waals surface area (Å²) in [4.78, 5) is 28.7. The Balaban J connectivity index is 1.36. The van der Waals surface area contributed by atoms with Gasteiger partial charge >= 0.3 is 0 Å². The maximum Gasteiger partial charge on any atom is 0.263 e. The van der Waals surface area contributed by atoms with Crippen LogP contribution in [0.25, 0.3) is 16.0 Å². The van der Waals surface area contributed by atoms with Crippen molar-refractivity contribution in [3.8, 4) is 0 Å². The Morgan fingerprint density at radius 3 is 2.65 bits per heavy atom.